The quantitative estimate of drug-likeness (QED) is 0.832. The van der Waals surface area contributed by atoms with E-state index in [1.54, 1.807) is 19.2 Å². The zero-order valence-electron chi connectivity index (χ0n) is 15.3. The molecule has 138 valence electrons. The van der Waals surface area contributed by atoms with E-state index < -0.39 is 12.1 Å². The third kappa shape index (κ3) is 4.68. The average molecular weight is 356 g/mol. The molecule has 1 aromatic heterocycles. The summed E-state index contributed by atoms with van der Waals surface area (Å²) < 4.78 is 18.5. The lowest BCUT2D eigenvalue weighted by atomic mass is 10.0. The van der Waals surface area contributed by atoms with Crippen LogP contribution in [0.1, 0.15) is 36.3 Å². The van der Waals surface area contributed by atoms with Crippen LogP contribution in [0, 0.1) is 5.95 Å². The average Bonchev–Trinajstić information content (AvgIpc) is 2.78. The molecular formula is C21H25FN2O2. The van der Waals surface area contributed by atoms with Crippen molar-refractivity contribution >= 4 is 6.08 Å². The van der Waals surface area contributed by atoms with E-state index in [1.165, 1.54) is 6.07 Å². The summed E-state index contributed by atoms with van der Waals surface area (Å²) in [5, 5.41) is 10.6. The van der Waals surface area contributed by atoms with Gasteiger partial charge >= 0.3 is 0 Å². The maximum absolute atomic E-state index is 13.2. The van der Waals surface area contributed by atoms with E-state index in [-0.39, 0.29) is 0 Å². The Morgan fingerprint density at radius 2 is 2.23 bits per heavy atom. The zero-order valence-corrected chi connectivity index (χ0v) is 15.3. The fourth-order valence-corrected chi connectivity index (χ4v) is 3.33. The van der Waals surface area contributed by atoms with Crippen molar-refractivity contribution in [2.75, 3.05) is 26.7 Å². The number of methoxy groups -OCH3 is 1. The molecule has 5 heteroatoms. The first-order valence-electron chi connectivity index (χ1n) is 8.92. The van der Waals surface area contributed by atoms with Gasteiger partial charge in [-0.1, -0.05) is 17.7 Å². The molecule has 0 bridgehead atoms. The first kappa shape index (κ1) is 18.5. The number of hydrogen-bond donors (Lipinski definition) is 1. The minimum absolute atomic E-state index is 0.463. The van der Waals surface area contributed by atoms with Gasteiger partial charge in [0.05, 0.1) is 18.9 Å². The third-order valence-corrected chi connectivity index (χ3v) is 4.79. The van der Waals surface area contributed by atoms with Gasteiger partial charge in [0.25, 0.3) is 0 Å². The lowest BCUT2D eigenvalue weighted by Crippen LogP contribution is -2.29. The molecule has 1 aliphatic rings. The first-order valence-corrected chi connectivity index (χ1v) is 8.92. The molecule has 3 rings (SSSR count). The van der Waals surface area contributed by atoms with E-state index in [1.807, 2.05) is 31.2 Å². The highest BCUT2D eigenvalue weighted by atomic mass is 19.1. The molecule has 0 radical (unpaired) electrons. The van der Waals surface area contributed by atoms with Gasteiger partial charge in [-0.05, 0) is 61.2 Å². The number of hydrogen-bond acceptors (Lipinski definition) is 4. The van der Waals surface area contributed by atoms with Crippen molar-refractivity contribution in [3.8, 4) is 5.75 Å². The Kier molecular flexibility index (Phi) is 6.01. The van der Waals surface area contributed by atoms with Crippen molar-refractivity contribution < 1.29 is 14.2 Å². The minimum atomic E-state index is -0.493. The molecule has 1 N–H and O–H groups in total. The molecule has 0 saturated heterocycles. The van der Waals surface area contributed by atoms with Crippen molar-refractivity contribution in [1.82, 2.24) is 9.88 Å². The second-order valence-corrected chi connectivity index (χ2v) is 6.76. The maximum Gasteiger partial charge on any atom is 0.213 e. The van der Waals surface area contributed by atoms with Crippen LogP contribution in [-0.2, 0) is 6.42 Å². The van der Waals surface area contributed by atoms with Crippen molar-refractivity contribution in [3.63, 3.8) is 0 Å². The number of aliphatic hydroxyl groups excluding tert-OH is 1. The van der Waals surface area contributed by atoms with Crippen molar-refractivity contribution in [2.45, 2.75) is 25.9 Å². The highest BCUT2D eigenvalue weighted by molar-refractivity contribution is 5.47. The number of β-amino-alcohol motifs (C(OH)–C–C–N with tert-alkyl or cyclic N) is 1. The summed E-state index contributed by atoms with van der Waals surface area (Å²) in [7, 11) is 1.66. The van der Waals surface area contributed by atoms with Crippen LogP contribution in [-0.4, -0.2) is 41.7 Å². The summed E-state index contributed by atoms with van der Waals surface area (Å²) in [6.45, 7) is 4.38. The first-order chi connectivity index (χ1) is 12.5. The predicted molar refractivity (Wildman–Crippen MR) is 101 cm³/mol. The van der Waals surface area contributed by atoms with Crippen LogP contribution in [0.15, 0.2) is 42.0 Å². The fourth-order valence-electron chi connectivity index (χ4n) is 3.33. The summed E-state index contributed by atoms with van der Waals surface area (Å²) in [5.74, 6) is 0.362. The van der Waals surface area contributed by atoms with Gasteiger partial charge in [-0.3, -0.25) is 4.90 Å². The molecule has 1 atom stereocenters. The predicted octanol–water partition coefficient (Wildman–Crippen LogP) is 3.61. The van der Waals surface area contributed by atoms with Gasteiger partial charge in [-0.2, -0.15) is 4.39 Å². The summed E-state index contributed by atoms with van der Waals surface area (Å²) in [4.78, 5) is 6.14. The number of rotatable bonds is 5. The molecule has 0 amide bonds. The van der Waals surface area contributed by atoms with Gasteiger partial charge in [-0.25, -0.2) is 4.98 Å². The van der Waals surface area contributed by atoms with Gasteiger partial charge in [0.15, 0.2) is 0 Å². The van der Waals surface area contributed by atoms with Crippen LogP contribution in [0.25, 0.3) is 6.08 Å². The molecular weight excluding hydrogens is 331 g/mol. The molecule has 4 nitrogen and oxygen atoms in total. The Morgan fingerprint density at radius 1 is 1.38 bits per heavy atom. The molecule has 1 unspecified atom stereocenters. The van der Waals surface area contributed by atoms with Gasteiger partial charge in [0.1, 0.15) is 5.75 Å². The minimum Gasteiger partial charge on any atom is -0.497 e. The Bertz CT molecular complexity index is 791. The Labute approximate surface area is 153 Å². The number of nitrogens with zero attached hydrogens (tertiary/aromatic N) is 2. The molecule has 2 aromatic rings. The largest absolute Gasteiger partial charge is 0.497 e. The number of aliphatic hydroxyl groups is 1. The summed E-state index contributed by atoms with van der Waals surface area (Å²) in [6.07, 6.45) is 3.16. The van der Waals surface area contributed by atoms with E-state index in [0.29, 0.717) is 12.2 Å². The third-order valence-electron chi connectivity index (χ3n) is 4.79. The van der Waals surface area contributed by atoms with E-state index in [2.05, 4.69) is 9.88 Å². The van der Waals surface area contributed by atoms with Gasteiger partial charge in [-0.15, -0.1) is 0 Å². The van der Waals surface area contributed by atoms with Crippen LogP contribution in [0.2, 0.25) is 0 Å². The van der Waals surface area contributed by atoms with Crippen LogP contribution in [0.5, 0.6) is 5.75 Å². The topological polar surface area (TPSA) is 45.6 Å². The van der Waals surface area contributed by atoms with Crippen molar-refractivity contribution in [3.05, 3.63) is 64.7 Å². The second-order valence-electron chi connectivity index (χ2n) is 6.76. The lowest BCUT2D eigenvalue weighted by Gasteiger charge is -2.22. The number of aromatic nitrogens is 1. The molecule has 26 heavy (non-hydrogen) atoms. The molecule has 0 fully saturated rings. The highest BCUT2D eigenvalue weighted by Crippen LogP contribution is 2.27. The molecule has 0 aliphatic carbocycles. The van der Waals surface area contributed by atoms with E-state index in [9.17, 15) is 9.50 Å². The number of halogens is 1. The normalized spacial score (nSPS) is 18.3. The number of pyridine rings is 1. The maximum atomic E-state index is 13.2. The van der Waals surface area contributed by atoms with Gasteiger partial charge in [0, 0.05) is 19.6 Å². The lowest BCUT2D eigenvalue weighted by molar-refractivity contribution is 0.121. The van der Waals surface area contributed by atoms with Crippen LogP contribution in [0.3, 0.4) is 0 Å². The van der Waals surface area contributed by atoms with Crippen molar-refractivity contribution in [2.24, 2.45) is 0 Å². The summed E-state index contributed by atoms with van der Waals surface area (Å²) in [6, 6.07) is 10.7. The van der Waals surface area contributed by atoms with Crippen LogP contribution in [0.4, 0.5) is 4.39 Å². The standard InChI is InChI=1S/C21H25FN2O2/c1-15(12-17-4-3-5-21(22)23-17)8-10-24-11-9-16-13-18(26-2)6-7-19(16)20(25)14-24/h3-7,12-13,20,25H,8-11,14H2,1-2H3/b15-12+. The van der Waals surface area contributed by atoms with Gasteiger partial charge < -0.3 is 9.84 Å². The van der Waals surface area contributed by atoms with E-state index in [0.717, 1.165) is 48.4 Å². The Hall–Kier alpha value is -2.24. The Balaban J connectivity index is 1.61. The zero-order chi connectivity index (χ0) is 18.5. The monoisotopic (exact) mass is 356 g/mol. The summed E-state index contributed by atoms with van der Waals surface area (Å²) >= 11 is 0. The Morgan fingerprint density at radius 3 is 3.00 bits per heavy atom. The molecule has 1 aliphatic heterocycles. The molecule has 0 spiro atoms. The van der Waals surface area contributed by atoms with E-state index >= 15 is 0 Å². The fraction of sp³-hybridized carbons (Fsp3) is 0.381. The molecule has 0 saturated carbocycles. The van der Waals surface area contributed by atoms with Crippen LogP contribution >= 0.6 is 0 Å². The van der Waals surface area contributed by atoms with Crippen LogP contribution < -0.4 is 4.74 Å². The van der Waals surface area contributed by atoms with E-state index in [4.69, 9.17) is 4.74 Å². The SMILES string of the molecule is COc1ccc2c(c1)CCN(CC/C(C)=C/c1cccc(F)n1)CC2O. The highest BCUT2D eigenvalue weighted by Gasteiger charge is 2.21. The number of ether oxygens (including phenoxy) is 1. The smallest absolute Gasteiger partial charge is 0.213 e. The van der Waals surface area contributed by atoms with Gasteiger partial charge in [0.2, 0.25) is 5.95 Å². The molecule has 2 heterocycles. The summed E-state index contributed by atoms with van der Waals surface area (Å²) in [5.41, 5.74) is 3.92. The second kappa shape index (κ2) is 8.43. The number of benzene rings is 1. The van der Waals surface area contributed by atoms with Crippen molar-refractivity contribution in [1.29, 1.82) is 0 Å². The molecule has 1 aromatic carbocycles. The number of fused-ring (bicyclic) bond motifs is 1.